The Morgan fingerprint density at radius 3 is 2.62 bits per heavy atom. The van der Waals surface area contributed by atoms with Crippen LogP contribution in [0.5, 0.6) is 5.75 Å². The van der Waals surface area contributed by atoms with Gasteiger partial charge in [0.05, 0.1) is 28.7 Å². The summed E-state index contributed by atoms with van der Waals surface area (Å²) in [7, 11) is 1.61. The van der Waals surface area contributed by atoms with Crippen LogP contribution < -0.4 is 10.1 Å². The first kappa shape index (κ1) is 16.3. The molecule has 2 heterocycles. The van der Waals surface area contributed by atoms with Crippen molar-refractivity contribution in [3.05, 3.63) is 65.3 Å². The lowest BCUT2D eigenvalue weighted by molar-refractivity contribution is 0.265. The SMILES string of the molecule is COc1ccc(N=C2NC(=O)SC2=Cc2ccc3nccnc3c2)cc1. The van der Waals surface area contributed by atoms with E-state index in [0.29, 0.717) is 5.84 Å². The fraction of sp³-hybridized carbons (Fsp3) is 0.0526. The van der Waals surface area contributed by atoms with Gasteiger partial charge >= 0.3 is 0 Å². The molecule has 1 aliphatic rings. The van der Waals surface area contributed by atoms with Crippen LogP contribution in [0.25, 0.3) is 17.1 Å². The molecule has 1 aromatic heterocycles. The van der Waals surface area contributed by atoms with Crippen LogP contribution in [-0.4, -0.2) is 28.2 Å². The molecule has 1 aliphatic heterocycles. The van der Waals surface area contributed by atoms with Gasteiger partial charge in [0, 0.05) is 12.4 Å². The van der Waals surface area contributed by atoms with Gasteiger partial charge in [-0.25, -0.2) is 4.99 Å². The zero-order chi connectivity index (χ0) is 17.9. The fourth-order valence-corrected chi connectivity index (χ4v) is 3.26. The van der Waals surface area contributed by atoms with Crippen LogP contribution >= 0.6 is 11.8 Å². The molecule has 4 rings (SSSR count). The summed E-state index contributed by atoms with van der Waals surface area (Å²) >= 11 is 1.12. The largest absolute Gasteiger partial charge is 0.497 e. The van der Waals surface area contributed by atoms with Crippen molar-refractivity contribution in [2.24, 2.45) is 4.99 Å². The predicted octanol–water partition coefficient (Wildman–Crippen LogP) is 4.17. The van der Waals surface area contributed by atoms with Crippen LogP contribution in [0.2, 0.25) is 0 Å². The van der Waals surface area contributed by atoms with Gasteiger partial charge in [-0.2, -0.15) is 0 Å². The van der Waals surface area contributed by atoms with Crippen LogP contribution in [-0.2, 0) is 0 Å². The quantitative estimate of drug-likeness (QED) is 0.757. The van der Waals surface area contributed by atoms with Gasteiger partial charge < -0.3 is 10.1 Å². The van der Waals surface area contributed by atoms with Gasteiger partial charge in [-0.3, -0.25) is 14.8 Å². The van der Waals surface area contributed by atoms with E-state index in [1.54, 1.807) is 19.5 Å². The van der Waals surface area contributed by atoms with Crippen molar-refractivity contribution in [1.29, 1.82) is 0 Å². The molecular formula is C19H14N4O2S. The number of methoxy groups -OCH3 is 1. The van der Waals surface area contributed by atoms with Crippen molar-refractivity contribution in [3.63, 3.8) is 0 Å². The molecule has 128 valence electrons. The zero-order valence-corrected chi connectivity index (χ0v) is 14.7. The Hall–Kier alpha value is -3.19. The monoisotopic (exact) mass is 362 g/mol. The number of carbonyl (C=O) groups excluding carboxylic acids is 1. The Kier molecular flexibility index (Phi) is 4.37. The van der Waals surface area contributed by atoms with E-state index in [1.807, 2.05) is 48.5 Å². The van der Waals surface area contributed by atoms with Gasteiger partial charge in [-0.1, -0.05) is 6.07 Å². The van der Waals surface area contributed by atoms with Gasteiger partial charge in [0.2, 0.25) is 0 Å². The minimum atomic E-state index is -0.149. The number of benzene rings is 2. The second-order valence-corrected chi connectivity index (χ2v) is 6.50. The lowest BCUT2D eigenvalue weighted by Gasteiger charge is -2.02. The molecule has 3 aromatic rings. The van der Waals surface area contributed by atoms with Gasteiger partial charge in [-0.15, -0.1) is 0 Å². The van der Waals surface area contributed by atoms with E-state index in [2.05, 4.69) is 20.3 Å². The summed E-state index contributed by atoms with van der Waals surface area (Å²) in [6.07, 6.45) is 5.24. The summed E-state index contributed by atoms with van der Waals surface area (Å²) in [6, 6.07) is 13.1. The molecule has 0 spiro atoms. The maximum Gasteiger partial charge on any atom is 0.289 e. The van der Waals surface area contributed by atoms with Gasteiger partial charge in [-0.05, 0) is 59.8 Å². The lowest BCUT2D eigenvalue weighted by atomic mass is 10.1. The number of amides is 1. The maximum absolute atomic E-state index is 11.8. The highest BCUT2D eigenvalue weighted by Crippen LogP contribution is 2.29. The number of aliphatic imine (C=N–C) groups is 1. The number of carbonyl (C=O) groups is 1. The summed E-state index contributed by atoms with van der Waals surface area (Å²) in [5, 5.41) is 2.64. The number of amidine groups is 1. The topological polar surface area (TPSA) is 76.5 Å². The van der Waals surface area contributed by atoms with Crippen LogP contribution in [0.3, 0.4) is 0 Å². The molecule has 1 amide bonds. The molecule has 1 saturated heterocycles. The third-order valence-electron chi connectivity index (χ3n) is 3.76. The molecule has 0 radical (unpaired) electrons. The number of ether oxygens (including phenoxy) is 1. The van der Waals surface area contributed by atoms with E-state index in [0.717, 1.165) is 44.7 Å². The highest BCUT2D eigenvalue weighted by atomic mass is 32.2. The molecular weight excluding hydrogens is 348 g/mol. The Balaban J connectivity index is 1.68. The highest BCUT2D eigenvalue weighted by Gasteiger charge is 2.23. The van der Waals surface area contributed by atoms with E-state index < -0.39 is 0 Å². The van der Waals surface area contributed by atoms with Crippen molar-refractivity contribution in [3.8, 4) is 5.75 Å². The van der Waals surface area contributed by atoms with Crippen molar-refractivity contribution in [2.75, 3.05) is 7.11 Å². The Labute approximate surface area is 154 Å². The van der Waals surface area contributed by atoms with E-state index in [-0.39, 0.29) is 5.24 Å². The number of hydrogen-bond acceptors (Lipinski definition) is 6. The molecule has 6 nitrogen and oxygen atoms in total. The lowest BCUT2D eigenvalue weighted by Crippen LogP contribution is -2.18. The summed E-state index contributed by atoms with van der Waals surface area (Å²) < 4.78 is 5.15. The number of nitrogens with one attached hydrogen (secondary N) is 1. The van der Waals surface area contributed by atoms with Crippen LogP contribution in [0.15, 0.2) is 64.8 Å². The minimum absolute atomic E-state index is 0.149. The standard InChI is InChI=1S/C19H14N4O2S/c1-25-14-5-3-13(4-6-14)22-18-17(26-19(24)23-18)11-12-2-7-15-16(10-12)21-9-8-20-15/h2-11H,1H3,(H,22,23,24). The first-order valence-electron chi connectivity index (χ1n) is 7.86. The van der Waals surface area contributed by atoms with Crippen LogP contribution in [0.1, 0.15) is 5.56 Å². The normalized spacial score (nSPS) is 17.0. The Morgan fingerprint density at radius 2 is 1.85 bits per heavy atom. The van der Waals surface area contributed by atoms with Crippen LogP contribution in [0.4, 0.5) is 10.5 Å². The first-order chi connectivity index (χ1) is 12.7. The molecule has 0 aliphatic carbocycles. The van der Waals surface area contributed by atoms with Gasteiger partial charge in [0.25, 0.3) is 5.24 Å². The third kappa shape index (κ3) is 3.43. The highest BCUT2D eigenvalue weighted by molar-refractivity contribution is 8.18. The molecule has 1 N–H and O–H groups in total. The fourth-order valence-electron chi connectivity index (χ4n) is 2.52. The average molecular weight is 362 g/mol. The molecule has 0 unspecified atom stereocenters. The summed E-state index contributed by atoms with van der Waals surface area (Å²) in [5.74, 6) is 1.29. The molecule has 1 fully saturated rings. The summed E-state index contributed by atoms with van der Waals surface area (Å²) in [6.45, 7) is 0. The number of nitrogens with zero attached hydrogens (tertiary/aromatic N) is 3. The first-order valence-corrected chi connectivity index (χ1v) is 8.67. The Bertz CT molecular complexity index is 1040. The van der Waals surface area contributed by atoms with E-state index in [1.165, 1.54) is 0 Å². The smallest absolute Gasteiger partial charge is 0.289 e. The maximum atomic E-state index is 11.8. The van der Waals surface area contributed by atoms with E-state index >= 15 is 0 Å². The number of rotatable bonds is 3. The molecule has 7 heteroatoms. The number of hydrogen-bond donors (Lipinski definition) is 1. The van der Waals surface area contributed by atoms with E-state index in [9.17, 15) is 4.79 Å². The summed E-state index contributed by atoms with van der Waals surface area (Å²) in [4.78, 5) is 25.7. The second kappa shape index (κ2) is 6.97. The zero-order valence-electron chi connectivity index (χ0n) is 13.8. The van der Waals surface area contributed by atoms with Crippen molar-refractivity contribution in [1.82, 2.24) is 15.3 Å². The number of aromatic nitrogens is 2. The second-order valence-electron chi connectivity index (χ2n) is 5.49. The molecule has 0 bridgehead atoms. The van der Waals surface area contributed by atoms with Gasteiger partial charge in [0.15, 0.2) is 0 Å². The van der Waals surface area contributed by atoms with Crippen LogP contribution in [0, 0.1) is 0 Å². The predicted molar refractivity (Wildman–Crippen MR) is 104 cm³/mol. The average Bonchev–Trinajstić information content (AvgIpc) is 3.01. The molecule has 0 atom stereocenters. The Morgan fingerprint density at radius 1 is 1.08 bits per heavy atom. The van der Waals surface area contributed by atoms with Crippen molar-refractivity contribution < 1.29 is 9.53 Å². The molecule has 2 aromatic carbocycles. The number of thioether (sulfide) groups is 1. The molecule has 0 saturated carbocycles. The minimum Gasteiger partial charge on any atom is -0.497 e. The third-order valence-corrected chi connectivity index (χ3v) is 4.58. The molecule has 26 heavy (non-hydrogen) atoms. The van der Waals surface area contributed by atoms with Gasteiger partial charge in [0.1, 0.15) is 11.6 Å². The summed E-state index contributed by atoms with van der Waals surface area (Å²) in [5.41, 5.74) is 3.30. The van der Waals surface area contributed by atoms with Crippen molar-refractivity contribution >= 4 is 45.6 Å². The van der Waals surface area contributed by atoms with E-state index in [4.69, 9.17) is 4.74 Å². The van der Waals surface area contributed by atoms with Crippen molar-refractivity contribution in [2.45, 2.75) is 0 Å². The number of fused-ring (bicyclic) bond motifs is 1.